The van der Waals surface area contributed by atoms with Crippen LogP contribution in [-0.4, -0.2) is 68.6 Å². The van der Waals surface area contributed by atoms with E-state index in [-0.39, 0.29) is 11.5 Å². The first kappa shape index (κ1) is 19.8. The van der Waals surface area contributed by atoms with E-state index in [1.54, 1.807) is 13.3 Å². The molecule has 1 fully saturated rings. The van der Waals surface area contributed by atoms with Crippen molar-refractivity contribution in [2.75, 3.05) is 52.9 Å². The second-order valence-corrected chi connectivity index (χ2v) is 6.17. The summed E-state index contributed by atoms with van der Waals surface area (Å²) in [5.41, 5.74) is 6.82. The van der Waals surface area contributed by atoms with E-state index >= 15 is 0 Å². The monoisotopic (exact) mass is 357 g/mol. The van der Waals surface area contributed by atoms with Crippen LogP contribution in [0.1, 0.15) is 5.56 Å². The van der Waals surface area contributed by atoms with Crippen LogP contribution in [0.5, 0.6) is 5.75 Å². The molecular weight excluding hydrogens is 330 g/mol. The number of rotatable bonds is 8. The van der Waals surface area contributed by atoms with Gasteiger partial charge in [0.1, 0.15) is 17.4 Å². The Balaban J connectivity index is 1.79. The van der Waals surface area contributed by atoms with Gasteiger partial charge in [0, 0.05) is 52.0 Å². The molecule has 0 atom stereocenters. The third kappa shape index (κ3) is 6.06. The van der Waals surface area contributed by atoms with Crippen LogP contribution in [0.15, 0.2) is 36.0 Å². The lowest BCUT2D eigenvalue weighted by Crippen LogP contribution is -2.46. The van der Waals surface area contributed by atoms with Crippen LogP contribution in [-0.2, 0) is 11.2 Å². The molecule has 1 amide bonds. The van der Waals surface area contributed by atoms with Crippen molar-refractivity contribution in [1.82, 2.24) is 15.1 Å². The molecule has 0 spiro atoms. The number of amides is 1. The Hall–Kier alpha value is -2.56. The molecule has 26 heavy (non-hydrogen) atoms. The van der Waals surface area contributed by atoms with Crippen molar-refractivity contribution in [2.24, 2.45) is 5.73 Å². The van der Waals surface area contributed by atoms with Crippen LogP contribution in [0.3, 0.4) is 0 Å². The molecule has 1 saturated heterocycles. The van der Waals surface area contributed by atoms with Gasteiger partial charge in [-0.25, -0.2) is 0 Å². The summed E-state index contributed by atoms with van der Waals surface area (Å²) in [4.78, 5) is 16.5. The summed E-state index contributed by atoms with van der Waals surface area (Å²) in [5, 5.41) is 12.1. The minimum absolute atomic E-state index is 0.145. The minimum atomic E-state index is -0.328. The molecule has 3 N–H and O–H groups in total. The van der Waals surface area contributed by atoms with Crippen molar-refractivity contribution >= 4 is 5.91 Å². The number of methoxy groups -OCH3 is 1. The Bertz CT molecular complexity index is 643. The normalized spacial score (nSPS) is 15.4. The average molecular weight is 357 g/mol. The molecule has 0 bridgehead atoms. The number of nitrogens with zero attached hydrogens (tertiary/aromatic N) is 3. The predicted octanol–water partition coefficient (Wildman–Crippen LogP) is 0.338. The summed E-state index contributed by atoms with van der Waals surface area (Å²) >= 11 is 0. The first-order chi connectivity index (χ1) is 12.7. The summed E-state index contributed by atoms with van der Waals surface area (Å²) in [6, 6.07) is 9.72. The van der Waals surface area contributed by atoms with Gasteiger partial charge in [-0.2, -0.15) is 5.26 Å². The average Bonchev–Trinajstić information content (AvgIpc) is 2.68. The molecule has 0 radical (unpaired) electrons. The molecule has 0 unspecified atom stereocenters. The van der Waals surface area contributed by atoms with Gasteiger partial charge in [-0.3, -0.25) is 9.69 Å². The lowest BCUT2D eigenvalue weighted by molar-refractivity contribution is -0.117. The van der Waals surface area contributed by atoms with Gasteiger partial charge in [-0.1, -0.05) is 12.1 Å². The molecule has 0 saturated carbocycles. The highest BCUT2D eigenvalue weighted by Crippen LogP contribution is 2.11. The number of ether oxygens (including phenoxy) is 1. The van der Waals surface area contributed by atoms with Gasteiger partial charge >= 0.3 is 0 Å². The second kappa shape index (κ2) is 10.4. The zero-order valence-corrected chi connectivity index (χ0v) is 15.3. The molecule has 2 rings (SSSR count). The molecule has 0 aromatic heterocycles. The smallest absolute Gasteiger partial charge is 0.263 e. The van der Waals surface area contributed by atoms with E-state index in [1.165, 1.54) is 0 Å². The molecule has 1 heterocycles. The summed E-state index contributed by atoms with van der Waals surface area (Å²) in [5.74, 6) is 0.476. The SMILES string of the molecule is COc1ccc(CCNC(=O)/C(C#N)=C\N2CCN(CCN)CC2)cc1. The van der Waals surface area contributed by atoms with Gasteiger partial charge in [-0.05, 0) is 24.1 Å². The Morgan fingerprint density at radius 2 is 2.00 bits per heavy atom. The number of carbonyl (C=O) groups is 1. The fourth-order valence-electron chi connectivity index (χ4n) is 2.83. The van der Waals surface area contributed by atoms with Crippen LogP contribution in [0.25, 0.3) is 0 Å². The molecule has 7 nitrogen and oxygen atoms in total. The number of benzene rings is 1. The maximum Gasteiger partial charge on any atom is 0.263 e. The van der Waals surface area contributed by atoms with E-state index in [4.69, 9.17) is 10.5 Å². The third-order valence-electron chi connectivity index (χ3n) is 4.39. The maximum absolute atomic E-state index is 12.2. The lowest BCUT2D eigenvalue weighted by atomic mass is 10.1. The number of nitrogens with one attached hydrogen (secondary N) is 1. The standard InChI is InChI=1S/C19H27N5O2/c1-26-18-4-2-16(3-5-18)6-8-22-19(25)17(14-21)15-24-12-10-23(9-7-20)11-13-24/h2-5,15H,6-13,20H2,1H3,(H,22,25)/b17-15-. The maximum atomic E-state index is 12.2. The molecular formula is C19H27N5O2. The highest BCUT2D eigenvalue weighted by Gasteiger charge is 2.16. The molecule has 7 heteroatoms. The van der Waals surface area contributed by atoms with Crippen molar-refractivity contribution in [3.63, 3.8) is 0 Å². The van der Waals surface area contributed by atoms with Gasteiger partial charge in [-0.15, -0.1) is 0 Å². The number of carbonyl (C=O) groups excluding carboxylic acids is 1. The van der Waals surface area contributed by atoms with E-state index in [9.17, 15) is 10.1 Å². The first-order valence-electron chi connectivity index (χ1n) is 8.85. The molecule has 1 aliphatic heterocycles. The van der Waals surface area contributed by atoms with Gasteiger partial charge in [0.05, 0.1) is 7.11 Å². The van der Waals surface area contributed by atoms with Crippen LogP contribution in [0, 0.1) is 11.3 Å². The van der Waals surface area contributed by atoms with Gasteiger partial charge < -0.3 is 20.7 Å². The van der Waals surface area contributed by atoms with Crippen LogP contribution >= 0.6 is 0 Å². The highest BCUT2D eigenvalue weighted by molar-refractivity contribution is 5.97. The van der Waals surface area contributed by atoms with Gasteiger partial charge in [0.2, 0.25) is 0 Å². The predicted molar refractivity (Wildman–Crippen MR) is 100 cm³/mol. The highest BCUT2D eigenvalue weighted by atomic mass is 16.5. The van der Waals surface area contributed by atoms with Crippen molar-refractivity contribution in [2.45, 2.75) is 6.42 Å². The van der Waals surface area contributed by atoms with Crippen LogP contribution in [0.2, 0.25) is 0 Å². The molecule has 1 aromatic rings. The lowest BCUT2D eigenvalue weighted by Gasteiger charge is -2.33. The zero-order chi connectivity index (χ0) is 18.8. The fraction of sp³-hybridized carbons (Fsp3) is 0.474. The van der Waals surface area contributed by atoms with E-state index < -0.39 is 0 Å². The summed E-state index contributed by atoms with van der Waals surface area (Å²) in [6.45, 7) is 5.39. The fourth-order valence-corrected chi connectivity index (χ4v) is 2.83. The Kier molecular flexibility index (Phi) is 7.93. The van der Waals surface area contributed by atoms with E-state index in [0.717, 1.165) is 44.0 Å². The van der Waals surface area contributed by atoms with Crippen molar-refractivity contribution in [3.05, 3.63) is 41.6 Å². The van der Waals surface area contributed by atoms with E-state index in [1.807, 2.05) is 35.2 Å². The molecule has 0 aliphatic carbocycles. The summed E-state index contributed by atoms with van der Waals surface area (Å²) in [6.07, 6.45) is 2.37. The minimum Gasteiger partial charge on any atom is -0.497 e. The Morgan fingerprint density at radius 3 is 2.58 bits per heavy atom. The second-order valence-electron chi connectivity index (χ2n) is 6.17. The van der Waals surface area contributed by atoms with E-state index in [0.29, 0.717) is 19.5 Å². The number of hydrogen-bond donors (Lipinski definition) is 2. The topological polar surface area (TPSA) is 94.6 Å². The van der Waals surface area contributed by atoms with Crippen molar-refractivity contribution in [3.8, 4) is 11.8 Å². The number of hydrogen-bond acceptors (Lipinski definition) is 6. The largest absolute Gasteiger partial charge is 0.497 e. The summed E-state index contributed by atoms with van der Waals surface area (Å²) in [7, 11) is 1.63. The Morgan fingerprint density at radius 1 is 1.31 bits per heavy atom. The van der Waals surface area contributed by atoms with Gasteiger partial charge in [0.25, 0.3) is 5.91 Å². The van der Waals surface area contributed by atoms with Crippen molar-refractivity contribution in [1.29, 1.82) is 5.26 Å². The molecule has 1 aliphatic rings. The molecule has 1 aromatic carbocycles. The quantitative estimate of drug-likeness (QED) is 0.515. The van der Waals surface area contributed by atoms with Crippen LogP contribution in [0.4, 0.5) is 0 Å². The first-order valence-corrected chi connectivity index (χ1v) is 8.85. The van der Waals surface area contributed by atoms with E-state index in [2.05, 4.69) is 10.2 Å². The number of piperazine rings is 1. The third-order valence-corrected chi connectivity index (χ3v) is 4.39. The number of nitriles is 1. The van der Waals surface area contributed by atoms with Gasteiger partial charge in [0.15, 0.2) is 0 Å². The number of nitrogens with two attached hydrogens (primary N) is 1. The molecule has 140 valence electrons. The van der Waals surface area contributed by atoms with Crippen LogP contribution < -0.4 is 15.8 Å². The summed E-state index contributed by atoms with van der Waals surface area (Å²) < 4.78 is 5.12. The zero-order valence-electron chi connectivity index (χ0n) is 15.3. The van der Waals surface area contributed by atoms with Crippen molar-refractivity contribution < 1.29 is 9.53 Å². The Labute approximate surface area is 155 Å².